The summed E-state index contributed by atoms with van der Waals surface area (Å²) < 4.78 is 7.16. The Morgan fingerprint density at radius 1 is 1.24 bits per heavy atom. The lowest BCUT2D eigenvalue weighted by Crippen LogP contribution is -2.02. The lowest BCUT2D eigenvalue weighted by atomic mass is 10.1. The van der Waals surface area contributed by atoms with Gasteiger partial charge >= 0.3 is 0 Å². The monoisotopic (exact) mass is 369 g/mol. The fourth-order valence-electron chi connectivity index (χ4n) is 2.49. The van der Waals surface area contributed by atoms with Crippen LogP contribution < -0.4 is 0 Å². The van der Waals surface area contributed by atoms with Crippen LogP contribution in [-0.4, -0.2) is 25.2 Å². The number of nitrogens with zero attached hydrogens (tertiary/aromatic N) is 5. The second-order valence-electron chi connectivity index (χ2n) is 5.57. The maximum atomic E-state index is 5.39. The highest BCUT2D eigenvalue weighted by atomic mass is 32.2. The minimum absolute atomic E-state index is 0.697. The van der Waals surface area contributed by atoms with Gasteiger partial charge in [-0.25, -0.2) is 4.98 Å². The Bertz CT molecular complexity index is 990. The van der Waals surface area contributed by atoms with Gasteiger partial charge < -0.3 is 4.42 Å². The average molecular weight is 369 g/mol. The van der Waals surface area contributed by atoms with Crippen LogP contribution in [0.4, 0.5) is 0 Å². The molecule has 3 heterocycles. The van der Waals surface area contributed by atoms with Crippen LogP contribution in [0.5, 0.6) is 0 Å². The topological polar surface area (TPSA) is 69.6 Å². The van der Waals surface area contributed by atoms with E-state index in [4.69, 9.17) is 4.42 Å². The smallest absolute Gasteiger partial charge is 0.214 e. The highest BCUT2D eigenvalue weighted by Gasteiger charge is 2.13. The highest BCUT2D eigenvalue weighted by molar-refractivity contribution is 7.98. The Labute approximate surface area is 152 Å². The maximum Gasteiger partial charge on any atom is 0.214 e. The van der Waals surface area contributed by atoms with Gasteiger partial charge in [-0.3, -0.25) is 0 Å². The molecule has 1 aromatic carbocycles. The number of tetrazole rings is 1. The number of rotatable bonds is 5. The summed E-state index contributed by atoms with van der Waals surface area (Å²) in [6, 6.07) is 10.0. The van der Waals surface area contributed by atoms with Crippen molar-refractivity contribution in [3.05, 3.63) is 58.8 Å². The van der Waals surface area contributed by atoms with E-state index in [0.717, 1.165) is 32.9 Å². The van der Waals surface area contributed by atoms with E-state index in [1.165, 1.54) is 5.56 Å². The van der Waals surface area contributed by atoms with Gasteiger partial charge in [-0.1, -0.05) is 29.5 Å². The Morgan fingerprint density at radius 2 is 2.16 bits per heavy atom. The molecule has 4 aromatic rings. The van der Waals surface area contributed by atoms with Crippen molar-refractivity contribution in [2.45, 2.75) is 24.8 Å². The van der Waals surface area contributed by atoms with Gasteiger partial charge in [-0.2, -0.15) is 4.68 Å². The van der Waals surface area contributed by atoms with E-state index in [2.05, 4.69) is 46.5 Å². The summed E-state index contributed by atoms with van der Waals surface area (Å²) in [5, 5.41) is 15.8. The summed E-state index contributed by atoms with van der Waals surface area (Å²) in [7, 11) is 0. The SMILES string of the molecule is Cc1ccc(-n2nnnc2SCc2csc(-c3ccco3)n2)c(C)c1. The van der Waals surface area contributed by atoms with Gasteiger partial charge in [0.05, 0.1) is 17.6 Å². The third-order valence-electron chi connectivity index (χ3n) is 3.65. The molecule has 0 radical (unpaired) electrons. The van der Waals surface area contributed by atoms with Crippen LogP contribution in [0.25, 0.3) is 16.5 Å². The predicted molar refractivity (Wildman–Crippen MR) is 98.0 cm³/mol. The number of aromatic nitrogens is 5. The number of thiazole rings is 1. The molecule has 0 saturated carbocycles. The van der Waals surface area contributed by atoms with E-state index in [9.17, 15) is 0 Å². The van der Waals surface area contributed by atoms with E-state index in [1.54, 1.807) is 34.0 Å². The zero-order valence-electron chi connectivity index (χ0n) is 13.7. The van der Waals surface area contributed by atoms with E-state index in [1.807, 2.05) is 23.6 Å². The van der Waals surface area contributed by atoms with Crippen molar-refractivity contribution in [3.8, 4) is 16.5 Å². The summed E-state index contributed by atoms with van der Waals surface area (Å²) in [4.78, 5) is 4.61. The van der Waals surface area contributed by atoms with Gasteiger partial charge in [-0.15, -0.1) is 16.4 Å². The second kappa shape index (κ2) is 6.81. The zero-order valence-corrected chi connectivity index (χ0v) is 15.3. The molecule has 0 fully saturated rings. The van der Waals surface area contributed by atoms with E-state index in [0.29, 0.717) is 5.75 Å². The Balaban J connectivity index is 1.52. The molecule has 4 rings (SSSR count). The number of hydrogen-bond donors (Lipinski definition) is 0. The average Bonchev–Trinajstić information content (AvgIpc) is 3.34. The molecule has 0 bridgehead atoms. The lowest BCUT2D eigenvalue weighted by molar-refractivity contribution is 0.581. The van der Waals surface area contributed by atoms with E-state index < -0.39 is 0 Å². The third kappa shape index (κ3) is 3.35. The second-order valence-corrected chi connectivity index (χ2v) is 7.37. The third-order valence-corrected chi connectivity index (χ3v) is 5.51. The number of furan rings is 1. The first-order valence-electron chi connectivity index (χ1n) is 7.68. The molecule has 0 atom stereocenters. The highest BCUT2D eigenvalue weighted by Crippen LogP contribution is 2.28. The molecular weight excluding hydrogens is 354 g/mol. The summed E-state index contributed by atoms with van der Waals surface area (Å²) >= 11 is 3.14. The largest absolute Gasteiger partial charge is 0.462 e. The minimum atomic E-state index is 0.697. The number of thioether (sulfide) groups is 1. The van der Waals surface area contributed by atoms with Gasteiger partial charge in [0.15, 0.2) is 10.8 Å². The number of hydrogen-bond acceptors (Lipinski definition) is 7. The van der Waals surface area contributed by atoms with E-state index >= 15 is 0 Å². The maximum absolute atomic E-state index is 5.39. The lowest BCUT2D eigenvalue weighted by Gasteiger charge is -2.07. The molecule has 0 amide bonds. The molecule has 0 aliphatic carbocycles. The van der Waals surface area contributed by atoms with Crippen molar-refractivity contribution in [2.24, 2.45) is 0 Å². The van der Waals surface area contributed by atoms with Gasteiger partial charge in [0.2, 0.25) is 5.16 Å². The first-order chi connectivity index (χ1) is 12.2. The van der Waals surface area contributed by atoms with Crippen molar-refractivity contribution in [2.75, 3.05) is 0 Å². The first-order valence-corrected chi connectivity index (χ1v) is 9.54. The Kier molecular flexibility index (Phi) is 4.37. The Morgan fingerprint density at radius 3 is 2.96 bits per heavy atom. The molecule has 0 aliphatic rings. The van der Waals surface area contributed by atoms with Crippen molar-refractivity contribution < 1.29 is 4.42 Å². The van der Waals surface area contributed by atoms with Crippen LogP contribution in [0.1, 0.15) is 16.8 Å². The van der Waals surface area contributed by atoms with Gasteiger partial charge in [0.25, 0.3) is 0 Å². The quantitative estimate of drug-likeness (QED) is 0.489. The van der Waals surface area contributed by atoms with E-state index in [-0.39, 0.29) is 0 Å². The van der Waals surface area contributed by atoms with Gasteiger partial charge in [-0.05, 0) is 48.0 Å². The van der Waals surface area contributed by atoms with Crippen LogP contribution in [0.3, 0.4) is 0 Å². The van der Waals surface area contributed by atoms with Crippen LogP contribution in [0.15, 0.2) is 51.5 Å². The molecule has 3 aromatic heterocycles. The normalized spacial score (nSPS) is 11.1. The summed E-state index contributed by atoms with van der Waals surface area (Å²) in [5.74, 6) is 1.49. The standard InChI is InChI=1S/C17H15N5OS2/c1-11-5-6-14(12(2)8-11)22-17(19-20-21-22)25-10-13-9-24-16(18-13)15-4-3-7-23-15/h3-9H,10H2,1-2H3. The minimum Gasteiger partial charge on any atom is -0.462 e. The number of benzene rings is 1. The first kappa shape index (κ1) is 16.0. The number of aryl methyl sites for hydroxylation is 2. The Hall–Kier alpha value is -2.45. The van der Waals surface area contributed by atoms with Crippen LogP contribution >= 0.6 is 23.1 Å². The molecule has 25 heavy (non-hydrogen) atoms. The van der Waals surface area contributed by atoms with Crippen molar-refractivity contribution in [1.82, 2.24) is 25.2 Å². The van der Waals surface area contributed by atoms with Crippen molar-refractivity contribution >= 4 is 23.1 Å². The molecule has 0 spiro atoms. The predicted octanol–water partition coefficient (Wildman–Crippen LogP) is 4.29. The van der Waals surface area contributed by atoms with Gasteiger partial charge in [0.1, 0.15) is 0 Å². The van der Waals surface area contributed by atoms with Crippen LogP contribution in [-0.2, 0) is 5.75 Å². The molecule has 0 unspecified atom stereocenters. The molecule has 0 saturated heterocycles. The zero-order chi connectivity index (χ0) is 17.2. The summed E-state index contributed by atoms with van der Waals surface area (Å²) in [6.07, 6.45) is 1.66. The van der Waals surface area contributed by atoms with Crippen molar-refractivity contribution in [1.29, 1.82) is 0 Å². The molecule has 8 heteroatoms. The van der Waals surface area contributed by atoms with Crippen LogP contribution in [0.2, 0.25) is 0 Å². The summed E-state index contributed by atoms with van der Waals surface area (Å²) in [6.45, 7) is 4.14. The molecule has 126 valence electrons. The fraction of sp³-hybridized carbons (Fsp3) is 0.176. The summed E-state index contributed by atoms with van der Waals surface area (Å²) in [5.41, 5.74) is 4.34. The molecular formula is C17H15N5OS2. The van der Waals surface area contributed by atoms with Gasteiger partial charge in [0, 0.05) is 11.1 Å². The molecule has 0 aliphatic heterocycles. The van der Waals surface area contributed by atoms with Crippen LogP contribution in [0, 0.1) is 13.8 Å². The molecule has 6 nitrogen and oxygen atoms in total. The van der Waals surface area contributed by atoms with Crippen molar-refractivity contribution in [3.63, 3.8) is 0 Å². The molecule has 0 N–H and O–H groups in total. The fourth-order valence-corrected chi connectivity index (χ4v) is 4.16.